The Morgan fingerprint density at radius 3 is 2.33 bits per heavy atom. The predicted octanol–water partition coefficient (Wildman–Crippen LogP) is 3.12. The fourth-order valence-corrected chi connectivity index (χ4v) is 1.85. The molecule has 0 saturated heterocycles. The molecule has 4 nitrogen and oxygen atoms in total. The molecular formula is C16H14FNO3. The summed E-state index contributed by atoms with van der Waals surface area (Å²) >= 11 is 0. The van der Waals surface area contributed by atoms with Gasteiger partial charge in [-0.1, -0.05) is 42.5 Å². The summed E-state index contributed by atoms with van der Waals surface area (Å²) in [5.41, 5.74) is 0.645. The first-order chi connectivity index (χ1) is 10.1. The van der Waals surface area contributed by atoms with E-state index >= 15 is 0 Å². The highest BCUT2D eigenvalue weighted by Crippen LogP contribution is 2.22. The second-order valence-electron chi connectivity index (χ2n) is 4.30. The number of esters is 1. The van der Waals surface area contributed by atoms with Crippen LogP contribution in [0, 0.1) is 0 Å². The van der Waals surface area contributed by atoms with Crippen molar-refractivity contribution in [3.05, 3.63) is 65.7 Å². The minimum absolute atomic E-state index is 0.175. The molecule has 1 unspecified atom stereocenters. The molecule has 0 aliphatic rings. The van der Waals surface area contributed by atoms with Crippen molar-refractivity contribution in [1.82, 2.24) is 0 Å². The van der Waals surface area contributed by atoms with Crippen molar-refractivity contribution in [2.24, 2.45) is 0 Å². The predicted molar refractivity (Wildman–Crippen MR) is 76.7 cm³/mol. The van der Waals surface area contributed by atoms with Gasteiger partial charge in [-0.25, -0.2) is 9.18 Å². The van der Waals surface area contributed by atoms with Crippen LogP contribution in [0.1, 0.15) is 22.1 Å². The highest BCUT2D eigenvalue weighted by atomic mass is 19.1. The smallest absolute Gasteiger partial charge is 0.339 e. The molecule has 0 fully saturated rings. The molecule has 2 rings (SSSR count). The van der Waals surface area contributed by atoms with Crippen molar-refractivity contribution in [1.29, 1.82) is 0 Å². The van der Waals surface area contributed by atoms with E-state index in [-0.39, 0.29) is 16.8 Å². The van der Waals surface area contributed by atoms with E-state index in [0.29, 0.717) is 0 Å². The molecule has 1 atom stereocenters. The van der Waals surface area contributed by atoms with E-state index in [1.807, 2.05) is 0 Å². The summed E-state index contributed by atoms with van der Waals surface area (Å²) in [5.74, 6) is -1.43. The first-order valence-corrected chi connectivity index (χ1v) is 6.30. The van der Waals surface area contributed by atoms with Crippen LogP contribution in [-0.2, 0) is 9.53 Å². The molecule has 5 heteroatoms. The Labute approximate surface area is 121 Å². The van der Waals surface area contributed by atoms with E-state index in [1.165, 1.54) is 31.4 Å². The molecular weight excluding hydrogens is 273 g/mol. The Bertz CT molecular complexity index is 643. The third-order valence-corrected chi connectivity index (χ3v) is 2.91. The van der Waals surface area contributed by atoms with Gasteiger partial charge in [0.15, 0.2) is 0 Å². The van der Waals surface area contributed by atoms with E-state index in [2.05, 4.69) is 10.1 Å². The number of hydrogen-bond acceptors (Lipinski definition) is 3. The second-order valence-corrected chi connectivity index (χ2v) is 4.30. The van der Waals surface area contributed by atoms with Crippen LogP contribution in [0.4, 0.5) is 10.1 Å². The summed E-state index contributed by atoms with van der Waals surface area (Å²) in [4.78, 5) is 23.5. The summed E-state index contributed by atoms with van der Waals surface area (Å²) in [6.07, 6.45) is -1.81. The molecule has 0 aliphatic carbocycles. The highest BCUT2D eigenvalue weighted by Gasteiger charge is 2.21. The molecule has 0 heterocycles. The van der Waals surface area contributed by atoms with Gasteiger partial charge in [0.1, 0.15) is 0 Å². The van der Waals surface area contributed by atoms with E-state index < -0.39 is 18.0 Å². The van der Waals surface area contributed by atoms with Gasteiger partial charge in [-0.2, -0.15) is 0 Å². The maximum Gasteiger partial charge on any atom is 0.339 e. The van der Waals surface area contributed by atoms with Crippen LogP contribution in [0.3, 0.4) is 0 Å². The minimum Gasteiger partial charge on any atom is -0.465 e. The number of amides is 1. The quantitative estimate of drug-likeness (QED) is 0.879. The lowest BCUT2D eigenvalue weighted by Gasteiger charge is -2.12. The summed E-state index contributed by atoms with van der Waals surface area (Å²) in [5, 5.41) is 2.41. The zero-order valence-corrected chi connectivity index (χ0v) is 11.4. The van der Waals surface area contributed by atoms with Crippen LogP contribution in [0.25, 0.3) is 0 Å². The lowest BCUT2D eigenvalue weighted by Crippen LogP contribution is -2.20. The molecule has 2 aromatic carbocycles. The Morgan fingerprint density at radius 1 is 1.05 bits per heavy atom. The van der Waals surface area contributed by atoms with Gasteiger partial charge < -0.3 is 10.1 Å². The lowest BCUT2D eigenvalue weighted by molar-refractivity contribution is -0.121. The molecule has 0 saturated carbocycles. The van der Waals surface area contributed by atoms with Crippen LogP contribution in [0.5, 0.6) is 0 Å². The Morgan fingerprint density at radius 2 is 1.67 bits per heavy atom. The van der Waals surface area contributed by atoms with Crippen molar-refractivity contribution >= 4 is 17.6 Å². The van der Waals surface area contributed by atoms with E-state index in [1.54, 1.807) is 30.3 Å². The van der Waals surface area contributed by atoms with Crippen LogP contribution in [0.15, 0.2) is 54.6 Å². The van der Waals surface area contributed by atoms with Crippen LogP contribution >= 0.6 is 0 Å². The van der Waals surface area contributed by atoms with Crippen molar-refractivity contribution in [2.45, 2.75) is 6.17 Å². The Hall–Kier alpha value is -2.69. The Kier molecular flexibility index (Phi) is 4.66. The topological polar surface area (TPSA) is 55.4 Å². The highest BCUT2D eigenvalue weighted by molar-refractivity contribution is 6.02. The lowest BCUT2D eigenvalue weighted by atomic mass is 10.1. The molecule has 0 aliphatic heterocycles. The largest absolute Gasteiger partial charge is 0.465 e. The first-order valence-electron chi connectivity index (χ1n) is 6.30. The standard InChI is InChI=1S/C16H14FNO3/c1-21-16(20)12-9-5-6-10-13(12)18-15(19)14(17)11-7-3-2-4-8-11/h2-10,14H,1H3,(H,18,19). The number of carbonyl (C=O) groups is 2. The number of methoxy groups -OCH3 is 1. The third-order valence-electron chi connectivity index (χ3n) is 2.91. The molecule has 1 N–H and O–H groups in total. The van der Waals surface area contributed by atoms with Gasteiger partial charge in [0, 0.05) is 0 Å². The number of rotatable bonds is 4. The molecule has 108 valence electrons. The normalized spacial score (nSPS) is 11.5. The van der Waals surface area contributed by atoms with Gasteiger partial charge in [-0.3, -0.25) is 4.79 Å². The van der Waals surface area contributed by atoms with Gasteiger partial charge in [-0.05, 0) is 17.7 Å². The van der Waals surface area contributed by atoms with E-state index in [4.69, 9.17) is 0 Å². The number of anilines is 1. The van der Waals surface area contributed by atoms with Crippen LogP contribution < -0.4 is 5.32 Å². The zero-order valence-electron chi connectivity index (χ0n) is 11.4. The molecule has 21 heavy (non-hydrogen) atoms. The monoisotopic (exact) mass is 287 g/mol. The maximum atomic E-state index is 14.1. The summed E-state index contributed by atoms with van der Waals surface area (Å²) in [7, 11) is 1.24. The number of halogens is 1. The second kappa shape index (κ2) is 6.65. The van der Waals surface area contributed by atoms with Crippen LogP contribution in [0.2, 0.25) is 0 Å². The van der Waals surface area contributed by atoms with Gasteiger partial charge >= 0.3 is 5.97 Å². The number of para-hydroxylation sites is 1. The van der Waals surface area contributed by atoms with Gasteiger partial charge in [-0.15, -0.1) is 0 Å². The summed E-state index contributed by atoms with van der Waals surface area (Å²) in [6, 6.07) is 14.4. The van der Waals surface area contributed by atoms with Crippen molar-refractivity contribution in [3.8, 4) is 0 Å². The van der Waals surface area contributed by atoms with Crippen molar-refractivity contribution in [2.75, 3.05) is 12.4 Å². The molecule has 0 spiro atoms. The average Bonchev–Trinajstić information content (AvgIpc) is 2.54. The average molecular weight is 287 g/mol. The number of carbonyl (C=O) groups excluding carboxylic acids is 2. The van der Waals surface area contributed by atoms with Crippen molar-refractivity contribution < 1.29 is 18.7 Å². The number of benzene rings is 2. The Balaban J connectivity index is 2.19. The third kappa shape index (κ3) is 3.45. The van der Waals surface area contributed by atoms with Gasteiger partial charge in [0.25, 0.3) is 5.91 Å². The molecule has 0 radical (unpaired) electrons. The van der Waals surface area contributed by atoms with Crippen molar-refractivity contribution in [3.63, 3.8) is 0 Å². The number of ether oxygens (including phenoxy) is 1. The summed E-state index contributed by atoms with van der Waals surface area (Å²) < 4.78 is 18.7. The SMILES string of the molecule is COC(=O)c1ccccc1NC(=O)C(F)c1ccccc1. The summed E-state index contributed by atoms with van der Waals surface area (Å²) in [6.45, 7) is 0. The van der Waals surface area contributed by atoms with Crippen LogP contribution in [-0.4, -0.2) is 19.0 Å². The first kappa shape index (κ1) is 14.7. The fourth-order valence-electron chi connectivity index (χ4n) is 1.85. The van der Waals surface area contributed by atoms with E-state index in [9.17, 15) is 14.0 Å². The molecule has 0 aromatic heterocycles. The minimum atomic E-state index is -1.81. The number of alkyl halides is 1. The number of hydrogen-bond donors (Lipinski definition) is 1. The van der Waals surface area contributed by atoms with E-state index in [0.717, 1.165) is 0 Å². The van der Waals surface area contributed by atoms with Gasteiger partial charge in [0.05, 0.1) is 18.4 Å². The molecule has 1 amide bonds. The zero-order chi connectivity index (χ0) is 15.2. The maximum absolute atomic E-state index is 14.1. The number of nitrogens with one attached hydrogen (secondary N) is 1. The van der Waals surface area contributed by atoms with Gasteiger partial charge in [0.2, 0.25) is 6.17 Å². The molecule has 0 bridgehead atoms. The molecule has 2 aromatic rings. The fraction of sp³-hybridized carbons (Fsp3) is 0.125.